The van der Waals surface area contributed by atoms with Gasteiger partial charge in [0.1, 0.15) is 6.04 Å². The molecule has 0 fully saturated rings. The predicted molar refractivity (Wildman–Crippen MR) is 47.2 cm³/mol. The molecule has 0 aliphatic rings. The number of carboxylic acid groups (broad SMARTS) is 1. The molecule has 0 amide bonds. The van der Waals surface area contributed by atoms with Crippen LogP contribution in [0.15, 0.2) is 0 Å². The molecule has 74 valence electrons. The molecule has 0 aliphatic heterocycles. The molecule has 6 N–H and O–H groups in total. The molecule has 2 atom stereocenters. The Kier molecular flexibility index (Phi) is 8.62. The summed E-state index contributed by atoms with van der Waals surface area (Å²) in [6, 6.07) is -1.19. The van der Waals surface area contributed by atoms with E-state index >= 15 is 0 Å². The number of hydrogen-bond donors (Lipinski definition) is 4. The van der Waals surface area contributed by atoms with Gasteiger partial charge in [0.15, 0.2) is 0 Å². The van der Waals surface area contributed by atoms with Crippen LogP contribution in [0, 0.1) is 0 Å². The monoisotopic (exact) mass is 198 g/mol. The van der Waals surface area contributed by atoms with E-state index in [0.29, 0.717) is 19.4 Å². The topological polar surface area (TPSA) is 110 Å². The second-order valence-electron chi connectivity index (χ2n) is 2.36. The summed E-state index contributed by atoms with van der Waals surface area (Å²) in [5, 5.41) is 17.4. The van der Waals surface area contributed by atoms with Crippen molar-refractivity contribution in [3.8, 4) is 0 Å². The maximum absolute atomic E-state index is 10.2. The van der Waals surface area contributed by atoms with Crippen LogP contribution < -0.4 is 11.5 Å². The van der Waals surface area contributed by atoms with Gasteiger partial charge in [-0.15, -0.1) is 12.4 Å². The van der Waals surface area contributed by atoms with Gasteiger partial charge in [-0.1, -0.05) is 0 Å². The summed E-state index contributed by atoms with van der Waals surface area (Å²) in [7, 11) is 0. The second-order valence-corrected chi connectivity index (χ2v) is 2.36. The first-order chi connectivity index (χ1) is 5.09. The quantitative estimate of drug-likeness (QED) is 0.449. The van der Waals surface area contributed by atoms with Crippen LogP contribution in [0.3, 0.4) is 0 Å². The van der Waals surface area contributed by atoms with Crippen LogP contribution in [0.25, 0.3) is 0 Å². The first kappa shape index (κ1) is 14.2. The van der Waals surface area contributed by atoms with Gasteiger partial charge in [-0.3, -0.25) is 4.79 Å². The molecule has 5 nitrogen and oxygen atoms in total. The largest absolute Gasteiger partial charge is 0.480 e. The van der Waals surface area contributed by atoms with Crippen LogP contribution in [0.5, 0.6) is 0 Å². The lowest BCUT2D eigenvalue weighted by atomic mass is 10.1. The molecular formula is C6H15ClN2O3. The number of aliphatic hydroxyl groups excluding tert-OH is 1. The fourth-order valence-corrected chi connectivity index (χ4v) is 0.671. The molecule has 0 aromatic carbocycles. The van der Waals surface area contributed by atoms with Gasteiger partial charge < -0.3 is 21.7 Å². The normalized spacial score (nSPS) is 14.6. The second kappa shape index (κ2) is 7.30. The fraction of sp³-hybridized carbons (Fsp3) is 0.833. The van der Waals surface area contributed by atoms with E-state index in [1.165, 1.54) is 0 Å². The molecule has 0 saturated heterocycles. The van der Waals surface area contributed by atoms with Crippen molar-refractivity contribution in [2.24, 2.45) is 11.5 Å². The molecule has 12 heavy (non-hydrogen) atoms. The number of carboxylic acids is 1. The minimum atomic E-state index is -1.19. The van der Waals surface area contributed by atoms with Gasteiger partial charge >= 0.3 is 5.97 Å². The van der Waals surface area contributed by atoms with Crippen molar-refractivity contribution in [3.63, 3.8) is 0 Å². The van der Waals surface area contributed by atoms with Gasteiger partial charge in [-0.25, -0.2) is 0 Å². The predicted octanol–water partition coefficient (Wildman–Crippen LogP) is -1.08. The zero-order valence-electron chi connectivity index (χ0n) is 6.64. The Balaban J connectivity index is 0. The lowest BCUT2D eigenvalue weighted by molar-refractivity contribution is -0.141. The Morgan fingerprint density at radius 3 is 2.33 bits per heavy atom. The number of rotatable bonds is 5. The zero-order valence-corrected chi connectivity index (χ0v) is 7.46. The van der Waals surface area contributed by atoms with E-state index in [-0.39, 0.29) is 12.4 Å². The van der Waals surface area contributed by atoms with Crippen molar-refractivity contribution in [1.29, 1.82) is 0 Å². The molecule has 0 aromatic rings. The Bertz CT molecular complexity index is 134. The summed E-state index contributed by atoms with van der Waals surface area (Å²) in [6.07, 6.45) is -0.0670. The average Bonchev–Trinajstić information content (AvgIpc) is 1.98. The number of aliphatic hydroxyl groups is 1. The van der Waals surface area contributed by atoms with E-state index in [1.807, 2.05) is 0 Å². The summed E-state index contributed by atoms with van der Waals surface area (Å²) in [5.41, 5.74) is 10.3. The first-order valence-electron chi connectivity index (χ1n) is 3.46. The summed E-state index contributed by atoms with van der Waals surface area (Å²) in [4.78, 5) is 10.2. The third kappa shape index (κ3) is 5.31. The average molecular weight is 199 g/mol. The van der Waals surface area contributed by atoms with Gasteiger partial charge in [-0.05, 0) is 19.4 Å². The van der Waals surface area contributed by atoms with Crippen molar-refractivity contribution in [2.75, 3.05) is 6.54 Å². The molecule has 0 aromatic heterocycles. The minimum Gasteiger partial charge on any atom is -0.480 e. The van der Waals surface area contributed by atoms with E-state index in [0.717, 1.165) is 0 Å². The van der Waals surface area contributed by atoms with Crippen LogP contribution in [0.4, 0.5) is 0 Å². The van der Waals surface area contributed by atoms with E-state index in [9.17, 15) is 4.79 Å². The van der Waals surface area contributed by atoms with Crippen LogP contribution in [0.2, 0.25) is 0 Å². The molecule has 0 spiro atoms. The van der Waals surface area contributed by atoms with Crippen LogP contribution >= 0.6 is 12.4 Å². The lowest BCUT2D eigenvalue weighted by Crippen LogP contribution is -2.41. The molecule has 0 saturated carbocycles. The number of nitrogens with two attached hydrogens (primary N) is 2. The minimum absolute atomic E-state index is 0. The molecule has 6 heteroatoms. The molecule has 2 unspecified atom stereocenters. The highest BCUT2D eigenvalue weighted by atomic mass is 35.5. The smallest absolute Gasteiger partial charge is 0.323 e. The summed E-state index contributed by atoms with van der Waals surface area (Å²) >= 11 is 0. The Morgan fingerprint density at radius 2 is 2.00 bits per heavy atom. The third-order valence-electron chi connectivity index (χ3n) is 1.40. The van der Waals surface area contributed by atoms with Crippen molar-refractivity contribution in [1.82, 2.24) is 0 Å². The van der Waals surface area contributed by atoms with Crippen molar-refractivity contribution < 1.29 is 15.0 Å². The molecular weight excluding hydrogens is 184 g/mol. The molecule has 0 rings (SSSR count). The van der Waals surface area contributed by atoms with Gasteiger partial charge in [0.2, 0.25) is 0 Å². The Labute approximate surface area is 77.1 Å². The lowest BCUT2D eigenvalue weighted by Gasteiger charge is -2.13. The van der Waals surface area contributed by atoms with Crippen molar-refractivity contribution in [2.45, 2.75) is 25.0 Å². The number of aliphatic carboxylic acids is 1. The van der Waals surface area contributed by atoms with E-state index in [2.05, 4.69) is 0 Å². The molecule has 0 aliphatic carbocycles. The summed E-state index contributed by atoms with van der Waals surface area (Å²) in [5.74, 6) is -1.19. The van der Waals surface area contributed by atoms with Crippen molar-refractivity contribution in [3.05, 3.63) is 0 Å². The van der Waals surface area contributed by atoms with Gasteiger partial charge in [0, 0.05) is 0 Å². The van der Waals surface area contributed by atoms with Crippen LogP contribution in [0.1, 0.15) is 12.8 Å². The zero-order chi connectivity index (χ0) is 8.85. The first-order valence-corrected chi connectivity index (χ1v) is 3.46. The maximum atomic E-state index is 10.2. The van der Waals surface area contributed by atoms with Crippen LogP contribution in [-0.4, -0.2) is 34.9 Å². The highest BCUT2D eigenvalue weighted by molar-refractivity contribution is 5.85. The highest BCUT2D eigenvalue weighted by Gasteiger charge is 2.20. The highest BCUT2D eigenvalue weighted by Crippen LogP contribution is 1.99. The van der Waals surface area contributed by atoms with E-state index < -0.39 is 18.1 Å². The van der Waals surface area contributed by atoms with Crippen LogP contribution in [-0.2, 0) is 4.79 Å². The molecule has 0 radical (unpaired) electrons. The van der Waals surface area contributed by atoms with E-state index in [1.54, 1.807) is 0 Å². The van der Waals surface area contributed by atoms with Gasteiger partial charge in [0.25, 0.3) is 0 Å². The van der Waals surface area contributed by atoms with Gasteiger partial charge in [0.05, 0.1) is 6.10 Å². The Morgan fingerprint density at radius 1 is 1.50 bits per heavy atom. The fourth-order valence-electron chi connectivity index (χ4n) is 0.671. The van der Waals surface area contributed by atoms with Crippen molar-refractivity contribution >= 4 is 18.4 Å². The summed E-state index contributed by atoms with van der Waals surface area (Å²) in [6.45, 7) is 0.434. The third-order valence-corrected chi connectivity index (χ3v) is 1.40. The molecule has 0 bridgehead atoms. The number of hydrogen-bond acceptors (Lipinski definition) is 4. The number of halogens is 1. The summed E-state index contributed by atoms with van der Waals surface area (Å²) < 4.78 is 0. The SMILES string of the molecule is Cl.NCCCC(O)C(N)C(=O)O. The molecule has 0 heterocycles. The number of carbonyl (C=O) groups is 1. The standard InChI is InChI=1S/C6H14N2O3.ClH/c7-3-1-2-4(9)5(8)6(10)11;/h4-5,9H,1-3,7-8H2,(H,10,11);1H. The Hall–Kier alpha value is -0.360. The van der Waals surface area contributed by atoms with Gasteiger partial charge in [-0.2, -0.15) is 0 Å². The maximum Gasteiger partial charge on any atom is 0.323 e. The van der Waals surface area contributed by atoms with E-state index in [4.69, 9.17) is 21.7 Å².